The number of aromatic hydroxyl groups is 1. The van der Waals surface area contributed by atoms with E-state index in [1.165, 1.54) is 18.5 Å². The molecule has 5 heteroatoms. The number of pyridine rings is 1. The summed E-state index contributed by atoms with van der Waals surface area (Å²) in [6.07, 6.45) is 5.77. The summed E-state index contributed by atoms with van der Waals surface area (Å²) in [6, 6.07) is 1.50. The molecule has 1 amide bonds. The maximum Gasteiger partial charge on any atom is 0.255 e. The summed E-state index contributed by atoms with van der Waals surface area (Å²) >= 11 is 6.00. The Morgan fingerprint density at radius 1 is 1.59 bits per heavy atom. The first-order valence-electron chi connectivity index (χ1n) is 5.72. The Kier molecular flexibility index (Phi) is 3.84. The van der Waals surface area contributed by atoms with Crippen LogP contribution in [0.25, 0.3) is 0 Å². The van der Waals surface area contributed by atoms with Crippen LogP contribution in [0.15, 0.2) is 18.5 Å². The van der Waals surface area contributed by atoms with Gasteiger partial charge in [-0.2, -0.15) is 0 Å². The molecule has 1 aliphatic rings. The van der Waals surface area contributed by atoms with Gasteiger partial charge >= 0.3 is 0 Å². The molecule has 0 aliphatic heterocycles. The lowest BCUT2D eigenvalue weighted by Crippen LogP contribution is -2.28. The Morgan fingerprint density at radius 3 is 3.06 bits per heavy atom. The Balaban J connectivity index is 1.88. The van der Waals surface area contributed by atoms with E-state index in [1.807, 2.05) is 0 Å². The Hall–Kier alpha value is -1.29. The average molecular weight is 255 g/mol. The van der Waals surface area contributed by atoms with Gasteiger partial charge in [-0.15, -0.1) is 11.6 Å². The number of carbonyl (C=O) groups excluding carboxylic acids is 1. The fourth-order valence-corrected chi connectivity index (χ4v) is 2.49. The van der Waals surface area contributed by atoms with Crippen molar-refractivity contribution in [2.24, 2.45) is 5.92 Å². The van der Waals surface area contributed by atoms with Crippen LogP contribution in [-0.4, -0.2) is 27.9 Å². The Bertz CT molecular complexity index is 411. The van der Waals surface area contributed by atoms with E-state index < -0.39 is 0 Å². The highest BCUT2D eigenvalue weighted by atomic mass is 35.5. The van der Waals surface area contributed by atoms with Gasteiger partial charge in [0, 0.05) is 18.1 Å². The second kappa shape index (κ2) is 5.36. The molecular weight excluding hydrogens is 240 g/mol. The molecule has 1 aromatic heterocycles. The van der Waals surface area contributed by atoms with E-state index in [4.69, 9.17) is 11.6 Å². The normalized spacial score (nSPS) is 23.6. The van der Waals surface area contributed by atoms with Crippen molar-refractivity contribution in [3.05, 3.63) is 24.0 Å². The van der Waals surface area contributed by atoms with Gasteiger partial charge in [0.1, 0.15) is 5.75 Å². The van der Waals surface area contributed by atoms with Gasteiger partial charge in [0.15, 0.2) is 0 Å². The second-order valence-corrected chi connectivity index (χ2v) is 5.00. The zero-order valence-electron chi connectivity index (χ0n) is 9.40. The number of hydrogen-bond donors (Lipinski definition) is 2. The average Bonchev–Trinajstić information content (AvgIpc) is 2.73. The summed E-state index contributed by atoms with van der Waals surface area (Å²) in [5, 5.41) is 12.5. The van der Waals surface area contributed by atoms with Crippen LogP contribution in [0.5, 0.6) is 5.75 Å². The number of rotatable bonds is 3. The van der Waals surface area contributed by atoms with Gasteiger partial charge in [0.25, 0.3) is 5.91 Å². The van der Waals surface area contributed by atoms with Gasteiger partial charge in [0.05, 0.1) is 11.8 Å². The van der Waals surface area contributed by atoms with Crippen LogP contribution in [0.1, 0.15) is 29.6 Å². The predicted molar refractivity (Wildman–Crippen MR) is 65.2 cm³/mol. The smallest absolute Gasteiger partial charge is 0.255 e. The third-order valence-electron chi connectivity index (χ3n) is 3.07. The third kappa shape index (κ3) is 3.09. The van der Waals surface area contributed by atoms with Crippen molar-refractivity contribution < 1.29 is 9.90 Å². The minimum Gasteiger partial charge on any atom is -0.505 e. The lowest BCUT2D eigenvalue weighted by atomic mass is 10.1. The van der Waals surface area contributed by atoms with Crippen molar-refractivity contribution in [3.63, 3.8) is 0 Å². The summed E-state index contributed by atoms with van der Waals surface area (Å²) in [5.74, 6) is 0.0972. The molecule has 0 radical (unpaired) electrons. The number of nitrogens with zero attached hydrogens (tertiary/aromatic N) is 1. The number of aromatic nitrogens is 1. The summed E-state index contributed by atoms with van der Waals surface area (Å²) in [7, 11) is 0. The fraction of sp³-hybridized carbons (Fsp3) is 0.500. The third-order valence-corrected chi connectivity index (χ3v) is 3.47. The molecule has 2 atom stereocenters. The molecule has 1 fully saturated rings. The molecule has 2 rings (SSSR count). The molecule has 4 nitrogen and oxygen atoms in total. The second-order valence-electron chi connectivity index (χ2n) is 4.38. The molecule has 1 heterocycles. The largest absolute Gasteiger partial charge is 0.505 e. The monoisotopic (exact) mass is 254 g/mol. The highest BCUT2D eigenvalue weighted by molar-refractivity contribution is 6.20. The number of halogens is 1. The number of alkyl halides is 1. The number of hydrogen-bond acceptors (Lipinski definition) is 3. The van der Waals surface area contributed by atoms with E-state index in [9.17, 15) is 9.90 Å². The van der Waals surface area contributed by atoms with E-state index >= 15 is 0 Å². The molecular formula is C12H15ClN2O2. The molecule has 0 aromatic carbocycles. The quantitative estimate of drug-likeness (QED) is 0.811. The van der Waals surface area contributed by atoms with Crippen molar-refractivity contribution in [1.29, 1.82) is 0 Å². The van der Waals surface area contributed by atoms with Crippen LogP contribution in [0.2, 0.25) is 0 Å². The molecule has 1 saturated carbocycles. The lowest BCUT2D eigenvalue weighted by molar-refractivity contribution is 0.0944. The summed E-state index contributed by atoms with van der Waals surface area (Å²) < 4.78 is 0. The summed E-state index contributed by atoms with van der Waals surface area (Å²) in [5.41, 5.74) is 0.264. The molecule has 17 heavy (non-hydrogen) atoms. The molecule has 1 aromatic rings. The summed E-state index contributed by atoms with van der Waals surface area (Å²) in [4.78, 5) is 15.5. The van der Waals surface area contributed by atoms with E-state index in [0.717, 1.165) is 19.3 Å². The zero-order chi connectivity index (χ0) is 12.3. The van der Waals surface area contributed by atoms with Gasteiger partial charge in [-0.3, -0.25) is 9.78 Å². The van der Waals surface area contributed by atoms with Crippen molar-refractivity contribution in [2.45, 2.75) is 24.6 Å². The van der Waals surface area contributed by atoms with Gasteiger partial charge < -0.3 is 10.4 Å². The summed E-state index contributed by atoms with van der Waals surface area (Å²) in [6.45, 7) is 0.615. The number of carbonyl (C=O) groups is 1. The SMILES string of the molecule is O=C(NCC1CCC(Cl)C1)c1ccncc1O. The number of amides is 1. The van der Waals surface area contributed by atoms with Gasteiger partial charge in [-0.05, 0) is 31.2 Å². The highest BCUT2D eigenvalue weighted by Gasteiger charge is 2.23. The van der Waals surface area contributed by atoms with Crippen LogP contribution in [-0.2, 0) is 0 Å². The standard InChI is InChI=1S/C12H15ClN2O2/c13-9-2-1-8(5-9)6-15-12(17)10-3-4-14-7-11(10)16/h3-4,7-9,16H,1-2,5-6H2,(H,15,17). The van der Waals surface area contributed by atoms with E-state index in [1.54, 1.807) is 0 Å². The first-order valence-corrected chi connectivity index (χ1v) is 6.15. The fourth-order valence-electron chi connectivity index (χ4n) is 2.11. The van der Waals surface area contributed by atoms with E-state index in [0.29, 0.717) is 12.5 Å². The Labute approximate surface area is 105 Å². The van der Waals surface area contributed by atoms with Crippen molar-refractivity contribution in [1.82, 2.24) is 10.3 Å². The topological polar surface area (TPSA) is 62.2 Å². The zero-order valence-corrected chi connectivity index (χ0v) is 10.2. The van der Waals surface area contributed by atoms with E-state index in [2.05, 4.69) is 10.3 Å². The van der Waals surface area contributed by atoms with E-state index in [-0.39, 0.29) is 22.6 Å². The van der Waals surface area contributed by atoms with Gasteiger partial charge in [-0.25, -0.2) is 0 Å². The van der Waals surface area contributed by atoms with Crippen LogP contribution in [0.4, 0.5) is 0 Å². The molecule has 0 spiro atoms. The van der Waals surface area contributed by atoms with Crippen LogP contribution in [0.3, 0.4) is 0 Å². The molecule has 0 bridgehead atoms. The van der Waals surface area contributed by atoms with Gasteiger partial charge in [0.2, 0.25) is 0 Å². The minimum absolute atomic E-state index is 0.0911. The minimum atomic E-state index is -0.261. The highest BCUT2D eigenvalue weighted by Crippen LogP contribution is 2.28. The molecule has 2 N–H and O–H groups in total. The van der Waals surface area contributed by atoms with Gasteiger partial charge in [-0.1, -0.05) is 0 Å². The number of nitrogens with one attached hydrogen (secondary N) is 1. The molecule has 1 aliphatic carbocycles. The molecule has 2 unspecified atom stereocenters. The van der Waals surface area contributed by atoms with Crippen LogP contribution in [0, 0.1) is 5.92 Å². The maximum absolute atomic E-state index is 11.8. The maximum atomic E-state index is 11.8. The molecule has 0 saturated heterocycles. The Morgan fingerprint density at radius 2 is 2.41 bits per heavy atom. The first-order chi connectivity index (χ1) is 8.16. The van der Waals surface area contributed by atoms with Crippen molar-refractivity contribution >= 4 is 17.5 Å². The molecule has 92 valence electrons. The van der Waals surface area contributed by atoms with Crippen molar-refractivity contribution in [2.75, 3.05) is 6.54 Å². The lowest BCUT2D eigenvalue weighted by Gasteiger charge is -2.11. The van der Waals surface area contributed by atoms with Crippen molar-refractivity contribution in [3.8, 4) is 5.75 Å². The van der Waals surface area contributed by atoms with Crippen LogP contribution >= 0.6 is 11.6 Å². The first kappa shape index (κ1) is 12.2. The van der Waals surface area contributed by atoms with Crippen LogP contribution < -0.4 is 5.32 Å². The predicted octanol–water partition coefficient (Wildman–Crippen LogP) is 1.92.